The first-order chi connectivity index (χ1) is 10.0. The highest BCUT2D eigenvalue weighted by atomic mass is 32.2. The Hall–Kier alpha value is -1.18. The largest absolute Gasteiger partial charge is 0.369 e. The van der Waals surface area contributed by atoms with Gasteiger partial charge in [-0.25, -0.2) is 8.42 Å². The van der Waals surface area contributed by atoms with Crippen LogP contribution < -0.4 is 10.2 Å². The van der Waals surface area contributed by atoms with E-state index in [2.05, 4.69) is 28.2 Å². The van der Waals surface area contributed by atoms with E-state index in [4.69, 9.17) is 0 Å². The lowest BCUT2D eigenvalue weighted by molar-refractivity contribution is 0.388. The minimum atomic E-state index is -3.07. The second-order valence-electron chi connectivity index (χ2n) is 5.33. The van der Waals surface area contributed by atoms with Crippen molar-refractivity contribution in [2.24, 2.45) is 0 Å². The first kappa shape index (κ1) is 16.2. The van der Waals surface area contributed by atoms with Crippen LogP contribution in [0.2, 0.25) is 0 Å². The minimum absolute atomic E-state index is 0.546. The van der Waals surface area contributed by atoms with Gasteiger partial charge >= 0.3 is 0 Å². The Morgan fingerprint density at radius 1 is 1.29 bits per heavy atom. The number of nitrogens with zero attached hydrogens (tertiary/aromatic N) is 3. The molecule has 0 saturated carbocycles. The lowest BCUT2D eigenvalue weighted by Gasteiger charge is -2.34. The van der Waals surface area contributed by atoms with Gasteiger partial charge in [-0.3, -0.25) is 4.98 Å². The van der Waals surface area contributed by atoms with Crippen LogP contribution in [0.15, 0.2) is 18.3 Å². The molecular weight excluding hydrogens is 288 g/mol. The zero-order chi connectivity index (χ0) is 15.3. The van der Waals surface area contributed by atoms with Gasteiger partial charge in [0.15, 0.2) is 0 Å². The van der Waals surface area contributed by atoms with Crippen LogP contribution in [0.5, 0.6) is 0 Å². The fraction of sp³-hybridized carbons (Fsp3) is 0.643. The maximum Gasteiger partial charge on any atom is 0.211 e. The van der Waals surface area contributed by atoms with Gasteiger partial charge in [0.1, 0.15) is 0 Å². The highest BCUT2D eigenvalue weighted by Crippen LogP contribution is 2.17. The van der Waals surface area contributed by atoms with Gasteiger partial charge in [0.05, 0.1) is 11.9 Å². The topological polar surface area (TPSA) is 65.5 Å². The van der Waals surface area contributed by atoms with Gasteiger partial charge in [-0.2, -0.15) is 4.31 Å². The van der Waals surface area contributed by atoms with Crippen molar-refractivity contribution in [3.63, 3.8) is 0 Å². The molecule has 21 heavy (non-hydrogen) atoms. The van der Waals surface area contributed by atoms with E-state index in [1.165, 1.54) is 10.6 Å². The molecule has 6 nitrogen and oxygen atoms in total. The molecule has 1 aliphatic rings. The van der Waals surface area contributed by atoms with Gasteiger partial charge < -0.3 is 10.2 Å². The summed E-state index contributed by atoms with van der Waals surface area (Å²) in [5.74, 6) is 0. The summed E-state index contributed by atoms with van der Waals surface area (Å²) in [6, 6.07) is 4.07. The van der Waals surface area contributed by atoms with E-state index in [-0.39, 0.29) is 0 Å². The molecule has 0 atom stereocenters. The van der Waals surface area contributed by atoms with Gasteiger partial charge in [-0.15, -0.1) is 0 Å². The van der Waals surface area contributed by atoms with Crippen molar-refractivity contribution in [3.8, 4) is 0 Å². The fourth-order valence-corrected chi connectivity index (χ4v) is 3.26. The number of rotatable bonds is 6. The molecule has 0 spiro atoms. The van der Waals surface area contributed by atoms with Crippen LogP contribution >= 0.6 is 0 Å². The predicted molar refractivity (Wildman–Crippen MR) is 84.9 cm³/mol. The Kier molecular flexibility index (Phi) is 5.55. The first-order valence-electron chi connectivity index (χ1n) is 7.36. The second-order valence-corrected chi connectivity index (χ2v) is 7.31. The summed E-state index contributed by atoms with van der Waals surface area (Å²) in [5.41, 5.74) is 2.14. The maximum atomic E-state index is 11.5. The maximum absolute atomic E-state index is 11.5. The smallest absolute Gasteiger partial charge is 0.211 e. The average Bonchev–Trinajstić information content (AvgIpc) is 2.47. The number of hydrogen-bond acceptors (Lipinski definition) is 5. The molecule has 0 bridgehead atoms. The normalized spacial score (nSPS) is 17.1. The lowest BCUT2D eigenvalue weighted by Crippen LogP contribution is -2.48. The third-order valence-electron chi connectivity index (χ3n) is 3.61. The molecule has 2 rings (SSSR count). The zero-order valence-corrected chi connectivity index (χ0v) is 13.6. The van der Waals surface area contributed by atoms with Crippen LogP contribution in [0.25, 0.3) is 0 Å². The molecule has 1 saturated heterocycles. The molecule has 2 heterocycles. The Labute approximate surface area is 127 Å². The van der Waals surface area contributed by atoms with Crippen molar-refractivity contribution >= 4 is 15.7 Å². The second kappa shape index (κ2) is 7.20. The first-order valence-corrected chi connectivity index (χ1v) is 9.21. The van der Waals surface area contributed by atoms with E-state index >= 15 is 0 Å². The number of aromatic nitrogens is 1. The van der Waals surface area contributed by atoms with Crippen LogP contribution in [0, 0.1) is 0 Å². The highest BCUT2D eigenvalue weighted by molar-refractivity contribution is 7.88. The van der Waals surface area contributed by atoms with Crippen molar-refractivity contribution in [1.82, 2.24) is 14.6 Å². The van der Waals surface area contributed by atoms with E-state index in [1.54, 1.807) is 0 Å². The zero-order valence-electron chi connectivity index (χ0n) is 12.7. The van der Waals surface area contributed by atoms with Gasteiger partial charge in [-0.05, 0) is 25.1 Å². The summed E-state index contributed by atoms with van der Waals surface area (Å²) in [7, 11) is -3.07. The molecule has 0 amide bonds. The van der Waals surface area contributed by atoms with Crippen molar-refractivity contribution in [2.45, 2.75) is 19.9 Å². The van der Waals surface area contributed by atoms with Crippen molar-refractivity contribution in [2.75, 3.05) is 43.9 Å². The molecule has 0 aliphatic carbocycles. The molecule has 0 radical (unpaired) electrons. The third-order valence-corrected chi connectivity index (χ3v) is 4.91. The van der Waals surface area contributed by atoms with Gasteiger partial charge in [-0.1, -0.05) is 6.92 Å². The number of nitrogens with one attached hydrogen (secondary N) is 1. The van der Waals surface area contributed by atoms with Crippen LogP contribution in [0.4, 0.5) is 5.69 Å². The molecule has 1 aliphatic heterocycles. The number of anilines is 1. The minimum Gasteiger partial charge on any atom is -0.369 e. The Morgan fingerprint density at radius 2 is 2.00 bits per heavy atom. The average molecular weight is 312 g/mol. The predicted octanol–water partition coefficient (Wildman–Crippen LogP) is 0.663. The van der Waals surface area contributed by atoms with Crippen molar-refractivity contribution in [1.29, 1.82) is 0 Å². The molecule has 1 aromatic heterocycles. The number of piperazine rings is 1. The molecule has 1 N–H and O–H groups in total. The summed E-state index contributed by atoms with van der Waals surface area (Å²) in [6.07, 6.45) is 4.20. The van der Waals surface area contributed by atoms with E-state index < -0.39 is 10.0 Å². The number of sulfonamides is 1. The van der Waals surface area contributed by atoms with E-state index in [1.807, 2.05) is 12.3 Å². The standard InChI is InChI=1S/C14H24N4O2S/c1-3-5-15-12-13-11-14(4-6-16-13)17-7-9-18(10-8-17)21(2,19)20/h4,6,11,15H,3,5,7-10,12H2,1-2H3. The van der Waals surface area contributed by atoms with Crippen LogP contribution in [-0.4, -0.2) is 56.7 Å². The van der Waals surface area contributed by atoms with Gasteiger partial charge in [0.25, 0.3) is 0 Å². The Morgan fingerprint density at radius 3 is 2.62 bits per heavy atom. The quantitative estimate of drug-likeness (QED) is 0.782. The fourth-order valence-electron chi connectivity index (χ4n) is 2.43. The molecule has 7 heteroatoms. The highest BCUT2D eigenvalue weighted by Gasteiger charge is 2.23. The SMILES string of the molecule is CCCNCc1cc(N2CCN(S(C)(=O)=O)CC2)ccn1. The van der Waals surface area contributed by atoms with E-state index in [9.17, 15) is 8.42 Å². The monoisotopic (exact) mass is 312 g/mol. The Balaban J connectivity index is 1.95. The van der Waals surface area contributed by atoms with Crippen molar-refractivity contribution < 1.29 is 8.42 Å². The summed E-state index contributed by atoms with van der Waals surface area (Å²) in [5, 5.41) is 3.34. The molecule has 1 fully saturated rings. The Bertz CT molecular complexity index is 554. The molecule has 118 valence electrons. The van der Waals surface area contributed by atoms with Crippen LogP contribution in [0.3, 0.4) is 0 Å². The number of pyridine rings is 1. The number of hydrogen-bond donors (Lipinski definition) is 1. The van der Waals surface area contributed by atoms with E-state index in [0.29, 0.717) is 13.1 Å². The van der Waals surface area contributed by atoms with E-state index in [0.717, 1.165) is 44.0 Å². The van der Waals surface area contributed by atoms with Crippen LogP contribution in [-0.2, 0) is 16.6 Å². The van der Waals surface area contributed by atoms with Crippen molar-refractivity contribution in [3.05, 3.63) is 24.0 Å². The molecule has 1 aromatic rings. The molecule has 0 aromatic carbocycles. The lowest BCUT2D eigenvalue weighted by atomic mass is 10.2. The van der Waals surface area contributed by atoms with Crippen LogP contribution in [0.1, 0.15) is 19.0 Å². The summed E-state index contributed by atoms with van der Waals surface area (Å²) >= 11 is 0. The molecule has 0 unspecified atom stereocenters. The van der Waals surface area contributed by atoms with Gasteiger partial charge in [0.2, 0.25) is 10.0 Å². The molecular formula is C14H24N4O2S. The summed E-state index contributed by atoms with van der Waals surface area (Å²) < 4.78 is 24.6. The third kappa shape index (κ3) is 4.66. The summed E-state index contributed by atoms with van der Waals surface area (Å²) in [6.45, 7) is 6.43. The van der Waals surface area contributed by atoms with Gasteiger partial charge in [0, 0.05) is 44.6 Å². The summed E-state index contributed by atoms with van der Waals surface area (Å²) in [4.78, 5) is 6.58.